The third kappa shape index (κ3) is 7.28. The number of rotatable bonds is 13. The van der Waals surface area contributed by atoms with Crippen LogP contribution in [0.3, 0.4) is 0 Å². The molecule has 0 aliphatic carbocycles. The van der Waals surface area contributed by atoms with Crippen molar-refractivity contribution in [3.63, 3.8) is 0 Å². The van der Waals surface area contributed by atoms with Crippen molar-refractivity contribution in [2.75, 3.05) is 32.8 Å². The molecule has 200 valence electrons. The summed E-state index contributed by atoms with van der Waals surface area (Å²) < 4.78 is 14.7. The molecule has 0 unspecified atom stereocenters. The van der Waals surface area contributed by atoms with Gasteiger partial charge in [-0.25, -0.2) is 4.98 Å². The summed E-state index contributed by atoms with van der Waals surface area (Å²) in [4.78, 5) is 9.96. The third-order valence-corrected chi connectivity index (χ3v) is 9.80. The second kappa shape index (κ2) is 13.0. The highest BCUT2D eigenvalue weighted by molar-refractivity contribution is 7.99. The molecule has 0 bridgehead atoms. The first-order valence-corrected chi connectivity index (χ1v) is 18.2. The van der Waals surface area contributed by atoms with Gasteiger partial charge in [0.15, 0.2) is 0 Å². The summed E-state index contributed by atoms with van der Waals surface area (Å²) >= 11 is 8.24. The lowest BCUT2D eigenvalue weighted by Gasteiger charge is -2.18. The van der Waals surface area contributed by atoms with E-state index in [0.29, 0.717) is 25.0 Å². The van der Waals surface area contributed by atoms with Crippen LogP contribution in [0.5, 0.6) is 0 Å². The van der Waals surface area contributed by atoms with E-state index in [1.165, 1.54) is 10.5 Å². The van der Waals surface area contributed by atoms with E-state index in [1.54, 1.807) is 11.8 Å². The van der Waals surface area contributed by atoms with E-state index in [2.05, 4.69) is 73.3 Å². The van der Waals surface area contributed by atoms with E-state index in [4.69, 9.17) is 26.1 Å². The SMILES string of the molecule is CCN(CC)CCCOCc1nc2c(n1COCC[Si](C)(C)C)-c1ccccc1Sc1ccc(Cl)cc1-2. The van der Waals surface area contributed by atoms with Gasteiger partial charge in [0, 0.05) is 53.8 Å². The summed E-state index contributed by atoms with van der Waals surface area (Å²) in [6.07, 6.45) is 1.01. The maximum absolute atomic E-state index is 6.47. The second-order valence-electron chi connectivity index (χ2n) is 10.7. The van der Waals surface area contributed by atoms with Crippen molar-refractivity contribution in [2.24, 2.45) is 0 Å². The Bertz CT molecular complexity index is 1190. The van der Waals surface area contributed by atoms with Gasteiger partial charge in [0.1, 0.15) is 19.2 Å². The largest absolute Gasteiger partial charge is 0.373 e. The number of fused-ring (bicyclic) bond motifs is 5. The Morgan fingerprint density at radius 1 is 0.973 bits per heavy atom. The minimum absolute atomic E-state index is 0.452. The minimum atomic E-state index is -1.18. The topological polar surface area (TPSA) is 39.5 Å². The first-order valence-electron chi connectivity index (χ1n) is 13.3. The van der Waals surface area contributed by atoms with Crippen LogP contribution in [0.4, 0.5) is 0 Å². The molecule has 0 spiro atoms. The molecular formula is C29H40ClN3O2SSi. The molecule has 2 heterocycles. The summed E-state index contributed by atoms with van der Waals surface area (Å²) in [6.45, 7) is 17.1. The quantitative estimate of drug-likeness (QED) is 0.123. The number of aromatic nitrogens is 2. The van der Waals surface area contributed by atoms with Gasteiger partial charge in [-0.15, -0.1) is 0 Å². The fourth-order valence-corrected chi connectivity index (χ4v) is 6.47. The zero-order valence-electron chi connectivity index (χ0n) is 22.8. The van der Waals surface area contributed by atoms with Crippen LogP contribution in [0.1, 0.15) is 26.1 Å². The van der Waals surface area contributed by atoms with Crippen molar-refractivity contribution < 1.29 is 9.47 Å². The van der Waals surface area contributed by atoms with E-state index in [9.17, 15) is 0 Å². The van der Waals surface area contributed by atoms with Crippen LogP contribution in [0.2, 0.25) is 30.7 Å². The maximum Gasteiger partial charge on any atom is 0.137 e. The number of ether oxygens (including phenoxy) is 2. The number of halogens is 1. The average molecular weight is 558 g/mol. The van der Waals surface area contributed by atoms with Crippen molar-refractivity contribution in [2.45, 2.75) is 69.1 Å². The molecule has 0 N–H and O–H groups in total. The minimum Gasteiger partial charge on any atom is -0.373 e. The number of hydrogen-bond acceptors (Lipinski definition) is 5. The standard InChI is InChI=1S/C29H40ClN3O2SSi/c1-6-32(7-2)15-10-16-34-20-27-31-28-24-19-22(30)13-14-26(24)36-25-12-9-8-11-23(25)29(28)33(27)21-35-17-18-37(3,4)5/h8-9,11-14,19H,6-7,10,15-18,20-21H2,1-5H3. The molecule has 0 saturated carbocycles. The number of hydrogen-bond donors (Lipinski definition) is 0. The second-order valence-corrected chi connectivity index (χ2v) is 17.8. The van der Waals surface area contributed by atoms with Gasteiger partial charge < -0.3 is 18.9 Å². The van der Waals surface area contributed by atoms with Crippen molar-refractivity contribution in [1.82, 2.24) is 14.5 Å². The van der Waals surface area contributed by atoms with Crippen LogP contribution >= 0.6 is 23.4 Å². The lowest BCUT2D eigenvalue weighted by molar-refractivity contribution is 0.0700. The molecule has 1 aliphatic heterocycles. The fraction of sp³-hybridized carbons (Fsp3) is 0.483. The van der Waals surface area contributed by atoms with Crippen LogP contribution in [-0.4, -0.2) is 55.4 Å². The predicted octanol–water partition coefficient (Wildman–Crippen LogP) is 7.90. The van der Waals surface area contributed by atoms with Gasteiger partial charge in [-0.1, -0.05) is 75.1 Å². The first-order chi connectivity index (χ1) is 17.8. The molecule has 0 fully saturated rings. The van der Waals surface area contributed by atoms with Gasteiger partial charge in [-0.3, -0.25) is 0 Å². The lowest BCUT2D eigenvalue weighted by atomic mass is 10.0. The first kappa shape index (κ1) is 28.4. The Kier molecular flexibility index (Phi) is 9.95. The molecule has 0 radical (unpaired) electrons. The molecule has 8 heteroatoms. The summed E-state index contributed by atoms with van der Waals surface area (Å²) in [5.41, 5.74) is 4.26. The van der Waals surface area contributed by atoms with E-state index in [-0.39, 0.29) is 0 Å². The van der Waals surface area contributed by atoms with Crippen molar-refractivity contribution in [1.29, 1.82) is 0 Å². The van der Waals surface area contributed by atoms with E-state index in [0.717, 1.165) is 66.4 Å². The summed E-state index contributed by atoms with van der Waals surface area (Å²) in [7, 11) is -1.18. The zero-order chi connectivity index (χ0) is 26.4. The van der Waals surface area contributed by atoms with Gasteiger partial charge in [0.25, 0.3) is 0 Å². The van der Waals surface area contributed by atoms with Gasteiger partial charge >= 0.3 is 0 Å². The highest BCUT2D eigenvalue weighted by Gasteiger charge is 2.27. The van der Waals surface area contributed by atoms with Crippen LogP contribution in [0.25, 0.3) is 22.5 Å². The fourth-order valence-electron chi connectivity index (χ4n) is 4.48. The van der Waals surface area contributed by atoms with Crippen LogP contribution < -0.4 is 0 Å². The Hall–Kier alpha value is -1.61. The Balaban J connectivity index is 1.66. The molecule has 37 heavy (non-hydrogen) atoms. The van der Waals surface area contributed by atoms with E-state index < -0.39 is 8.07 Å². The smallest absolute Gasteiger partial charge is 0.137 e. The van der Waals surface area contributed by atoms with Crippen LogP contribution in [0, 0.1) is 0 Å². The van der Waals surface area contributed by atoms with Gasteiger partial charge in [0.2, 0.25) is 0 Å². The maximum atomic E-state index is 6.47. The van der Waals surface area contributed by atoms with E-state index in [1.807, 2.05) is 12.1 Å². The molecule has 1 aromatic heterocycles. The normalized spacial score (nSPS) is 12.8. The van der Waals surface area contributed by atoms with Crippen LogP contribution in [0.15, 0.2) is 52.3 Å². The van der Waals surface area contributed by atoms with Gasteiger partial charge in [-0.2, -0.15) is 0 Å². The highest BCUT2D eigenvalue weighted by atomic mass is 35.5. The molecule has 0 amide bonds. The molecular weight excluding hydrogens is 518 g/mol. The average Bonchev–Trinajstić information content (AvgIpc) is 3.16. The van der Waals surface area contributed by atoms with Crippen LogP contribution in [-0.2, 0) is 22.8 Å². The third-order valence-electron chi connectivity index (χ3n) is 6.71. The monoisotopic (exact) mass is 557 g/mol. The molecule has 4 rings (SSSR count). The Morgan fingerprint density at radius 2 is 1.73 bits per heavy atom. The molecule has 1 aliphatic rings. The molecule has 2 aromatic carbocycles. The summed E-state index contributed by atoms with van der Waals surface area (Å²) in [6, 6.07) is 15.8. The Morgan fingerprint density at radius 3 is 2.49 bits per heavy atom. The molecule has 0 atom stereocenters. The Labute approximate surface area is 232 Å². The van der Waals surface area contributed by atoms with Crippen molar-refractivity contribution in [3.8, 4) is 22.5 Å². The number of imidazole rings is 1. The highest BCUT2D eigenvalue weighted by Crippen LogP contribution is 2.48. The molecule has 0 saturated heterocycles. The van der Waals surface area contributed by atoms with E-state index >= 15 is 0 Å². The van der Waals surface area contributed by atoms with Gasteiger partial charge in [0.05, 0.1) is 11.4 Å². The van der Waals surface area contributed by atoms with Crippen molar-refractivity contribution in [3.05, 3.63) is 53.3 Å². The van der Waals surface area contributed by atoms with Gasteiger partial charge in [-0.05, 0) is 49.8 Å². The lowest BCUT2D eigenvalue weighted by Crippen LogP contribution is -2.24. The number of benzene rings is 2. The predicted molar refractivity (Wildman–Crippen MR) is 158 cm³/mol. The summed E-state index contributed by atoms with van der Waals surface area (Å²) in [5.74, 6) is 0.897. The number of nitrogens with zero attached hydrogens (tertiary/aromatic N) is 3. The molecule has 5 nitrogen and oxygen atoms in total. The molecule has 3 aromatic rings. The van der Waals surface area contributed by atoms with Crippen molar-refractivity contribution >= 4 is 31.4 Å². The summed E-state index contributed by atoms with van der Waals surface area (Å²) in [5, 5.41) is 0.714. The zero-order valence-corrected chi connectivity index (χ0v) is 25.4.